The van der Waals surface area contributed by atoms with Crippen LogP contribution in [0.5, 0.6) is 0 Å². The second-order valence-corrected chi connectivity index (χ2v) is 20.9. The van der Waals surface area contributed by atoms with E-state index < -0.39 is 47.9 Å². The summed E-state index contributed by atoms with van der Waals surface area (Å²) < 4.78 is 67.5. The molecule has 6 saturated heterocycles. The largest absolute Gasteiger partial charge is 0.393 e. The van der Waals surface area contributed by atoms with Crippen molar-refractivity contribution in [2.45, 2.75) is 242 Å². The number of methoxy groups -OCH3 is 3. The van der Waals surface area contributed by atoms with Gasteiger partial charge in [0.25, 0.3) is 0 Å². The van der Waals surface area contributed by atoms with Crippen molar-refractivity contribution in [3.63, 3.8) is 0 Å². The highest BCUT2D eigenvalue weighted by Gasteiger charge is 2.65. The molecular weight excluding hydrogens is 785 g/mol. The Balaban J connectivity index is 1.30. The van der Waals surface area contributed by atoms with Gasteiger partial charge in [0.15, 0.2) is 17.9 Å². The molecule has 3 N–H and O–H groups in total. The van der Waals surface area contributed by atoms with Gasteiger partial charge in [0.2, 0.25) is 0 Å². The zero-order valence-electron chi connectivity index (χ0n) is 40.0. The van der Waals surface area contributed by atoms with E-state index in [1.165, 1.54) is 0 Å². The molecule has 6 rings (SSSR count). The molecule has 0 amide bonds. The number of hydrogen-bond acceptors (Lipinski definition) is 13. The first kappa shape index (κ1) is 49.9. The molecule has 13 heteroatoms. The van der Waals surface area contributed by atoms with Gasteiger partial charge in [-0.2, -0.15) is 0 Å². The number of aliphatic hydroxyl groups is 3. The van der Waals surface area contributed by atoms with Crippen LogP contribution in [0.4, 0.5) is 0 Å². The van der Waals surface area contributed by atoms with Crippen LogP contribution in [0.3, 0.4) is 0 Å². The molecule has 13 nitrogen and oxygen atoms in total. The first-order valence-corrected chi connectivity index (χ1v) is 24.2. The third-order valence-electron chi connectivity index (χ3n) is 16.3. The summed E-state index contributed by atoms with van der Waals surface area (Å²) in [6.07, 6.45) is 5.65. The first-order chi connectivity index (χ1) is 28.9. The fourth-order valence-electron chi connectivity index (χ4n) is 13.0. The Morgan fingerprint density at radius 1 is 0.803 bits per heavy atom. The minimum absolute atomic E-state index is 0.0104. The Labute approximate surface area is 367 Å². The number of aliphatic hydroxyl groups excluding tert-OH is 2. The van der Waals surface area contributed by atoms with Gasteiger partial charge in [-0.3, -0.25) is 0 Å². The summed E-state index contributed by atoms with van der Waals surface area (Å²) in [7, 11) is 5.26. The molecule has 0 bridgehead atoms. The molecule has 356 valence electrons. The van der Waals surface area contributed by atoms with Crippen LogP contribution in [0, 0.1) is 35.5 Å². The highest BCUT2D eigenvalue weighted by molar-refractivity contribution is 5.12. The van der Waals surface area contributed by atoms with Crippen molar-refractivity contribution >= 4 is 0 Å². The summed E-state index contributed by atoms with van der Waals surface area (Å²) in [6.45, 7) is 20.7. The van der Waals surface area contributed by atoms with E-state index in [1.54, 1.807) is 21.3 Å². The zero-order valence-corrected chi connectivity index (χ0v) is 40.0. The molecule has 0 aliphatic carbocycles. The van der Waals surface area contributed by atoms with Gasteiger partial charge in [-0.25, -0.2) is 0 Å². The van der Waals surface area contributed by atoms with Crippen molar-refractivity contribution in [1.29, 1.82) is 0 Å². The van der Waals surface area contributed by atoms with Crippen LogP contribution in [-0.2, 0) is 47.4 Å². The summed E-state index contributed by atoms with van der Waals surface area (Å²) in [6, 6.07) is 0. The quantitative estimate of drug-likeness (QED) is 0.139. The highest BCUT2D eigenvalue weighted by Crippen LogP contribution is 2.56. The van der Waals surface area contributed by atoms with Crippen molar-refractivity contribution in [3.05, 3.63) is 0 Å². The van der Waals surface area contributed by atoms with Crippen molar-refractivity contribution in [1.82, 2.24) is 0 Å². The molecule has 0 aromatic heterocycles. The second-order valence-electron chi connectivity index (χ2n) is 20.9. The molecular formula is C48H86O13. The van der Waals surface area contributed by atoms with Gasteiger partial charge in [0, 0.05) is 70.7 Å². The summed E-state index contributed by atoms with van der Waals surface area (Å²) in [5.74, 6) is -2.47. The van der Waals surface area contributed by atoms with Gasteiger partial charge in [-0.1, -0.05) is 61.3 Å². The Kier molecular flexibility index (Phi) is 16.5. The van der Waals surface area contributed by atoms with E-state index in [0.717, 1.165) is 44.9 Å². The lowest BCUT2D eigenvalue weighted by Gasteiger charge is -2.50. The van der Waals surface area contributed by atoms with Crippen LogP contribution in [0.15, 0.2) is 0 Å². The van der Waals surface area contributed by atoms with Crippen molar-refractivity contribution in [2.24, 2.45) is 35.5 Å². The normalized spacial score (nSPS) is 49.0. The van der Waals surface area contributed by atoms with Gasteiger partial charge in [-0.05, 0) is 71.1 Å². The smallest absolute Gasteiger partial charge is 0.192 e. The van der Waals surface area contributed by atoms with E-state index in [4.69, 9.17) is 47.4 Å². The Bertz CT molecular complexity index is 1390. The molecule has 6 heterocycles. The molecule has 6 fully saturated rings. The van der Waals surface area contributed by atoms with Gasteiger partial charge < -0.3 is 62.7 Å². The van der Waals surface area contributed by atoms with E-state index >= 15 is 0 Å². The lowest BCUT2D eigenvalue weighted by molar-refractivity contribution is -0.342. The first-order valence-electron chi connectivity index (χ1n) is 24.2. The lowest BCUT2D eigenvalue weighted by atomic mass is 9.76. The van der Waals surface area contributed by atoms with E-state index in [-0.39, 0.29) is 90.4 Å². The average Bonchev–Trinajstić information content (AvgIpc) is 3.90. The Morgan fingerprint density at radius 2 is 1.52 bits per heavy atom. The zero-order chi connectivity index (χ0) is 44.7. The van der Waals surface area contributed by atoms with Crippen molar-refractivity contribution in [2.75, 3.05) is 27.9 Å². The van der Waals surface area contributed by atoms with E-state index in [1.807, 2.05) is 20.8 Å². The maximum atomic E-state index is 11.3. The third kappa shape index (κ3) is 9.96. The minimum Gasteiger partial charge on any atom is -0.393 e. The van der Waals surface area contributed by atoms with E-state index in [0.29, 0.717) is 32.1 Å². The molecule has 0 radical (unpaired) electrons. The maximum absolute atomic E-state index is 11.3. The van der Waals surface area contributed by atoms with Crippen LogP contribution in [0.1, 0.15) is 146 Å². The number of ether oxygens (including phenoxy) is 10. The fraction of sp³-hybridized carbons (Fsp3) is 1.00. The summed E-state index contributed by atoms with van der Waals surface area (Å²) >= 11 is 0. The predicted octanol–water partition coefficient (Wildman–Crippen LogP) is 6.93. The van der Waals surface area contributed by atoms with Gasteiger partial charge >= 0.3 is 0 Å². The van der Waals surface area contributed by atoms with Crippen LogP contribution in [-0.4, -0.2) is 139 Å². The summed E-state index contributed by atoms with van der Waals surface area (Å²) in [4.78, 5) is 0. The van der Waals surface area contributed by atoms with Crippen molar-refractivity contribution in [3.8, 4) is 0 Å². The topological polar surface area (TPSA) is 153 Å². The predicted molar refractivity (Wildman–Crippen MR) is 230 cm³/mol. The summed E-state index contributed by atoms with van der Waals surface area (Å²) in [5.41, 5.74) is -1.48. The lowest BCUT2D eigenvalue weighted by Crippen LogP contribution is -2.58. The molecule has 6 aliphatic heterocycles. The van der Waals surface area contributed by atoms with Gasteiger partial charge in [0.1, 0.15) is 6.10 Å². The number of hydrogen-bond donors (Lipinski definition) is 3. The van der Waals surface area contributed by atoms with Crippen LogP contribution in [0.25, 0.3) is 0 Å². The molecule has 61 heavy (non-hydrogen) atoms. The van der Waals surface area contributed by atoms with Crippen LogP contribution >= 0.6 is 0 Å². The van der Waals surface area contributed by atoms with E-state index in [9.17, 15) is 15.3 Å². The number of rotatable bonds is 17. The minimum atomic E-state index is -1.60. The standard InChI is InChI=1S/C48H86O13/c1-14-16-34(32(8)50)42(54-13)31(7)41-30(6)37(53-12)25-47(58-41)21-20-45(10,61-47)44-38(56-39-18-17-35(52-11)33(9)55-39)24-46(60-44,19-15-2)43-28(4)23-36(57-43)40-27(3)22-29(5)48(51,26-49)59-40/h27-44,49-51H,14-26H2,1-13H3/t27-,28-,29+,30+,31+,32-,33-,34+,35-,36+,37-,38+,39-,40-,41-,42+,43+,44+,45-,46-,47+,48-/m0/s1. The molecule has 0 saturated carbocycles. The fourth-order valence-corrected chi connectivity index (χ4v) is 13.0. The Hall–Kier alpha value is -0.520. The molecule has 0 aromatic rings. The molecule has 1 spiro atoms. The molecule has 22 atom stereocenters. The third-order valence-corrected chi connectivity index (χ3v) is 16.3. The van der Waals surface area contributed by atoms with E-state index in [2.05, 4.69) is 48.5 Å². The SMILES string of the molecule is CCC[C@@H]([C@H](OC)[C@H](C)[C@H]1O[C@@]2(CC[C@@](C)([C@@H]3O[C@](CCC)([C@@H]4O[C@@H]([C@H]5O[C@@](O)(CO)[C@H](C)C[C@@H]5C)C[C@@H]4C)C[C@H]3O[C@H]3CC[C@H](OC)[C@H](C)O3)O2)C[C@H](OC)[C@H]1C)[C@H](C)O. The average molecular weight is 871 g/mol. The molecule has 0 aromatic carbocycles. The molecule has 0 unspecified atom stereocenters. The second kappa shape index (κ2) is 20.1. The molecule has 6 aliphatic rings. The summed E-state index contributed by atoms with van der Waals surface area (Å²) in [5, 5.41) is 32.4. The van der Waals surface area contributed by atoms with Gasteiger partial charge in [0.05, 0.1) is 78.8 Å². The Morgan fingerprint density at radius 3 is 2.13 bits per heavy atom. The highest BCUT2D eigenvalue weighted by atomic mass is 16.7. The van der Waals surface area contributed by atoms with Crippen LogP contribution in [0.2, 0.25) is 0 Å². The maximum Gasteiger partial charge on any atom is 0.192 e. The monoisotopic (exact) mass is 871 g/mol. The van der Waals surface area contributed by atoms with Crippen LogP contribution < -0.4 is 0 Å². The van der Waals surface area contributed by atoms with Gasteiger partial charge in [-0.15, -0.1) is 0 Å². The van der Waals surface area contributed by atoms with Crippen molar-refractivity contribution < 1.29 is 62.7 Å².